The van der Waals surface area contributed by atoms with Gasteiger partial charge in [0.05, 0.1) is 0 Å². The Bertz CT molecular complexity index is 1050. The van der Waals surface area contributed by atoms with Crippen LogP contribution in [0.4, 0.5) is 0 Å². The highest BCUT2D eigenvalue weighted by atomic mass is 16.2. The molecule has 0 aromatic heterocycles. The van der Waals surface area contributed by atoms with Crippen LogP contribution in [0.3, 0.4) is 0 Å². The number of hydrogen-bond acceptors (Lipinski definition) is 4. The maximum atomic E-state index is 12.0. The molecule has 82 heavy (non-hydrogen) atoms. The highest BCUT2D eigenvalue weighted by Crippen LogP contribution is 2.18. The molecule has 0 spiro atoms. The molecule has 4 N–H and O–H groups in total. The molecule has 0 aliphatic rings. The van der Waals surface area contributed by atoms with Gasteiger partial charge in [0.15, 0.2) is 0 Å². The van der Waals surface area contributed by atoms with Gasteiger partial charge in [-0.1, -0.05) is 400 Å². The van der Waals surface area contributed by atoms with Crippen molar-refractivity contribution in [2.45, 2.75) is 439 Å². The van der Waals surface area contributed by atoms with Gasteiger partial charge in [-0.25, -0.2) is 0 Å². The summed E-state index contributed by atoms with van der Waals surface area (Å²) in [6.45, 7) is 14.9. The van der Waals surface area contributed by atoms with E-state index in [-0.39, 0.29) is 11.8 Å². The SMILES string of the molecule is CCCCCCCCCCCCCCCCCC(=O)NCCNC(=O)CCCCCCCCCCCCCCCCC.CCCCCCCCCCCCCCCCCCNCCNCCCCCCCCCCCCCCCCCC. The molecule has 0 rings (SSSR count). The van der Waals surface area contributed by atoms with Crippen molar-refractivity contribution < 1.29 is 9.59 Å². The average Bonchev–Trinajstić information content (AvgIpc) is 3.48. The first-order chi connectivity index (χ1) is 40.6. The van der Waals surface area contributed by atoms with E-state index in [1.807, 2.05) is 0 Å². The number of hydrogen-bond donors (Lipinski definition) is 4. The lowest BCUT2D eigenvalue weighted by atomic mass is 10.0. The van der Waals surface area contributed by atoms with Crippen LogP contribution in [0.25, 0.3) is 0 Å². The van der Waals surface area contributed by atoms with Gasteiger partial charge >= 0.3 is 0 Å². The number of rotatable bonds is 72. The molecule has 0 atom stereocenters. The highest BCUT2D eigenvalue weighted by Gasteiger charge is 2.05. The van der Waals surface area contributed by atoms with E-state index in [0.717, 1.165) is 38.8 Å². The minimum Gasteiger partial charge on any atom is -0.354 e. The van der Waals surface area contributed by atoms with Gasteiger partial charge in [0, 0.05) is 39.0 Å². The second kappa shape index (κ2) is 79.9. The van der Waals surface area contributed by atoms with Crippen LogP contribution >= 0.6 is 0 Å². The summed E-state index contributed by atoms with van der Waals surface area (Å²) in [6, 6.07) is 0. The zero-order valence-corrected chi connectivity index (χ0v) is 57.3. The molecule has 0 aromatic rings. The van der Waals surface area contributed by atoms with Crippen LogP contribution in [-0.2, 0) is 9.59 Å². The third-order valence-corrected chi connectivity index (χ3v) is 17.7. The summed E-state index contributed by atoms with van der Waals surface area (Å²) in [5.74, 6) is 0.253. The molecule has 6 heteroatoms. The Labute approximate surface area is 518 Å². The summed E-state index contributed by atoms with van der Waals surface area (Å²) >= 11 is 0. The monoisotopic (exact) mass is 1160 g/mol. The van der Waals surface area contributed by atoms with Gasteiger partial charge in [-0.2, -0.15) is 0 Å². The lowest BCUT2D eigenvalue weighted by Crippen LogP contribution is -2.34. The molecule has 2 amide bonds. The van der Waals surface area contributed by atoms with Crippen molar-refractivity contribution in [3.05, 3.63) is 0 Å². The van der Waals surface area contributed by atoms with Crippen LogP contribution in [0, 0.1) is 0 Å². The predicted octanol–water partition coefficient (Wildman–Crippen LogP) is 24.4. The van der Waals surface area contributed by atoms with Crippen molar-refractivity contribution in [1.82, 2.24) is 21.3 Å². The molecule has 0 heterocycles. The van der Waals surface area contributed by atoms with E-state index in [0.29, 0.717) is 25.9 Å². The molecule has 0 saturated heterocycles. The Balaban J connectivity index is 0. The van der Waals surface area contributed by atoms with E-state index in [4.69, 9.17) is 0 Å². The minimum atomic E-state index is 0.126. The Morgan fingerprint density at radius 1 is 0.171 bits per heavy atom. The van der Waals surface area contributed by atoms with E-state index >= 15 is 0 Å². The lowest BCUT2D eigenvalue weighted by Gasteiger charge is -2.07. The largest absolute Gasteiger partial charge is 0.354 e. The number of carbonyl (C=O) groups is 2. The fourth-order valence-corrected chi connectivity index (χ4v) is 11.9. The van der Waals surface area contributed by atoms with Gasteiger partial charge in [0.1, 0.15) is 0 Å². The molecular formula is C76H156N4O2. The molecule has 0 aliphatic carbocycles. The Kier molecular flexibility index (Phi) is 80.8. The number of carbonyl (C=O) groups excluding carboxylic acids is 2. The molecule has 0 unspecified atom stereocenters. The zero-order chi connectivity index (χ0) is 59.5. The first-order valence-corrected chi connectivity index (χ1v) is 38.6. The van der Waals surface area contributed by atoms with Crippen LogP contribution in [0.2, 0.25) is 0 Å². The average molecular weight is 1160 g/mol. The zero-order valence-electron chi connectivity index (χ0n) is 57.3. The third-order valence-electron chi connectivity index (χ3n) is 17.7. The lowest BCUT2D eigenvalue weighted by molar-refractivity contribution is -0.123. The summed E-state index contributed by atoms with van der Waals surface area (Å²) in [5, 5.41) is 13.2. The maximum Gasteiger partial charge on any atom is 0.220 e. The topological polar surface area (TPSA) is 82.3 Å². The first kappa shape index (κ1) is 82.9. The first-order valence-electron chi connectivity index (χ1n) is 38.6. The van der Waals surface area contributed by atoms with Crippen molar-refractivity contribution in [3.8, 4) is 0 Å². The highest BCUT2D eigenvalue weighted by molar-refractivity contribution is 5.77. The molecule has 0 aliphatic heterocycles. The molecule has 6 nitrogen and oxygen atoms in total. The van der Waals surface area contributed by atoms with Crippen molar-refractivity contribution in [2.24, 2.45) is 0 Å². The third kappa shape index (κ3) is 80.9. The molecule has 0 bridgehead atoms. The van der Waals surface area contributed by atoms with Crippen molar-refractivity contribution >= 4 is 11.8 Å². The normalized spacial score (nSPS) is 11.4. The Morgan fingerprint density at radius 2 is 0.317 bits per heavy atom. The van der Waals surface area contributed by atoms with Gasteiger partial charge in [0.25, 0.3) is 0 Å². The maximum absolute atomic E-state index is 12.0. The van der Waals surface area contributed by atoms with Gasteiger partial charge in [-0.05, 0) is 38.8 Å². The molecule has 0 radical (unpaired) electrons. The van der Waals surface area contributed by atoms with Crippen LogP contribution in [0.1, 0.15) is 439 Å². The van der Waals surface area contributed by atoms with Crippen molar-refractivity contribution in [1.29, 1.82) is 0 Å². The van der Waals surface area contributed by atoms with Crippen molar-refractivity contribution in [3.63, 3.8) is 0 Å². The molecule has 0 saturated carbocycles. The second-order valence-corrected chi connectivity index (χ2v) is 26.2. The van der Waals surface area contributed by atoms with E-state index in [1.54, 1.807) is 0 Å². The molecule has 492 valence electrons. The summed E-state index contributed by atoms with van der Waals surface area (Å²) in [4.78, 5) is 24.1. The second-order valence-electron chi connectivity index (χ2n) is 26.2. The van der Waals surface area contributed by atoms with Gasteiger partial charge < -0.3 is 21.3 Å². The summed E-state index contributed by atoms with van der Waals surface area (Å²) in [5.41, 5.74) is 0. The van der Waals surface area contributed by atoms with Gasteiger partial charge in [-0.3, -0.25) is 9.59 Å². The minimum absolute atomic E-state index is 0.126. The predicted molar refractivity (Wildman–Crippen MR) is 370 cm³/mol. The van der Waals surface area contributed by atoms with E-state index in [1.165, 1.54) is 385 Å². The number of nitrogens with one attached hydrogen (secondary N) is 4. The summed E-state index contributed by atoms with van der Waals surface area (Å²) < 4.78 is 0. The fraction of sp³-hybridized carbons (Fsp3) is 0.974. The van der Waals surface area contributed by atoms with E-state index in [2.05, 4.69) is 49.0 Å². The standard InChI is InChI=1S/C38H76N2O2.C38H80N2/c1-3-5-7-9-11-13-15-17-19-21-23-25-27-29-31-33-37(41)39-35-36-40-38(42)34-32-30-28-26-24-22-20-18-16-14-12-10-8-6-4-2;1-3-5-7-9-11-13-15-17-19-21-23-25-27-29-31-33-35-39-37-38-40-36-34-32-30-28-26-24-22-20-18-16-14-12-10-8-6-4-2/h3-36H2,1-2H3,(H,39,41)(H,40,42);39-40H,3-38H2,1-2H3. The van der Waals surface area contributed by atoms with E-state index < -0.39 is 0 Å². The molecular weight excluding hydrogens is 1000 g/mol. The van der Waals surface area contributed by atoms with Gasteiger partial charge in [-0.15, -0.1) is 0 Å². The van der Waals surface area contributed by atoms with Crippen LogP contribution in [-0.4, -0.2) is 51.1 Å². The molecule has 0 fully saturated rings. The van der Waals surface area contributed by atoms with Gasteiger partial charge in [0.2, 0.25) is 11.8 Å². The fourth-order valence-electron chi connectivity index (χ4n) is 11.9. The quantitative estimate of drug-likeness (QED) is 0.0458. The Morgan fingerprint density at radius 3 is 0.488 bits per heavy atom. The summed E-state index contributed by atoms with van der Waals surface area (Å²) in [6.07, 6.45) is 87.9. The molecule has 0 aromatic carbocycles. The van der Waals surface area contributed by atoms with Crippen LogP contribution in [0.5, 0.6) is 0 Å². The summed E-state index contributed by atoms with van der Waals surface area (Å²) in [7, 11) is 0. The number of amides is 2. The smallest absolute Gasteiger partial charge is 0.220 e. The van der Waals surface area contributed by atoms with Crippen LogP contribution in [0.15, 0.2) is 0 Å². The van der Waals surface area contributed by atoms with E-state index in [9.17, 15) is 9.59 Å². The Hall–Kier alpha value is -1.14. The van der Waals surface area contributed by atoms with Crippen molar-refractivity contribution in [2.75, 3.05) is 39.3 Å². The van der Waals surface area contributed by atoms with Crippen LogP contribution < -0.4 is 21.3 Å². The number of unbranched alkanes of at least 4 members (excludes halogenated alkanes) is 58.